The highest BCUT2D eigenvalue weighted by Crippen LogP contribution is 2.72. The molecule has 10 atom stereocenters. The number of carbonyl (C=O) groups excluding carboxylic acids is 3. The van der Waals surface area contributed by atoms with Gasteiger partial charge in [0.15, 0.2) is 29.9 Å². The molecule has 1 aromatic rings. The summed E-state index contributed by atoms with van der Waals surface area (Å²) in [5.74, 6) is -2.88. The Kier molecular flexibility index (Phi) is 7.52. The summed E-state index contributed by atoms with van der Waals surface area (Å²) in [5, 5.41) is 22.5. The van der Waals surface area contributed by atoms with Gasteiger partial charge in [0.1, 0.15) is 11.9 Å². The number of benzene rings is 1. The molecule has 1 unspecified atom stereocenters. The molecule has 1 heterocycles. The van der Waals surface area contributed by atoms with Crippen LogP contribution in [0.5, 0.6) is 5.75 Å². The zero-order chi connectivity index (χ0) is 32.5. The molecule has 0 aromatic heterocycles. The standard InChI is InChI=1S/C32H35F2NO10/c1-4-5-27-44-26-14-20-21-13-23(33)22-12-18(36)10-11-29(22,2)31(21,34)24(37)15-30(20,3)32(26,45-27)25(38)16-42-28(39)43-19-8-6-17(7-9-19)35(40)41/h6-12,20-21,23-24,26-27,37H,4-5,13-16H2,1-3H3/t20-,21-,23-,24-,26+,27?,29-,30-,31-,32+/m0/s1. The lowest BCUT2D eigenvalue weighted by atomic mass is 9.44. The number of ketones is 2. The Balaban J connectivity index is 1.29. The number of fused-ring (bicyclic) bond motifs is 7. The van der Waals surface area contributed by atoms with E-state index in [4.69, 9.17) is 18.9 Å². The Bertz CT molecular complexity index is 1500. The Hall–Kier alpha value is -3.55. The van der Waals surface area contributed by atoms with E-state index in [2.05, 4.69) is 0 Å². The number of Topliss-reactive ketones (excluding diaryl/α,β-unsaturated/α-hetero) is 1. The minimum absolute atomic E-state index is 0.00386. The molecule has 5 aliphatic rings. The number of aliphatic hydroxyl groups excluding tert-OH is 1. The van der Waals surface area contributed by atoms with E-state index in [1.807, 2.05) is 6.92 Å². The first-order chi connectivity index (χ1) is 21.2. The Morgan fingerprint density at radius 3 is 2.56 bits per heavy atom. The predicted molar refractivity (Wildman–Crippen MR) is 151 cm³/mol. The molecule has 45 heavy (non-hydrogen) atoms. The van der Waals surface area contributed by atoms with Crippen LogP contribution in [0, 0.1) is 32.8 Å². The highest BCUT2D eigenvalue weighted by molar-refractivity contribution is 6.01. The number of nitro groups is 1. The van der Waals surface area contributed by atoms with Gasteiger partial charge in [0.05, 0.1) is 17.1 Å². The van der Waals surface area contributed by atoms with Crippen molar-refractivity contribution in [2.24, 2.45) is 22.7 Å². The SMILES string of the molecule is CCCC1O[C@@H]2C[C@H]3[C@@H]4C[C@H](F)C5=CC(=O)C=C[C@]5(C)[C@@]4(F)[C@@H](O)C[C@]3(C)[C@]2(C(=O)COC(=O)Oc2ccc([N+](=O)[O-])cc2)O1. The highest BCUT2D eigenvalue weighted by Gasteiger charge is 2.80. The molecule has 1 aromatic carbocycles. The van der Waals surface area contributed by atoms with Crippen LogP contribution in [0.15, 0.2) is 48.1 Å². The Morgan fingerprint density at radius 2 is 1.89 bits per heavy atom. The molecule has 4 aliphatic carbocycles. The summed E-state index contributed by atoms with van der Waals surface area (Å²) in [6.07, 6.45) is -1.81. The maximum absolute atomic E-state index is 17.6. The van der Waals surface area contributed by atoms with Gasteiger partial charge in [-0.3, -0.25) is 19.7 Å². The topological polar surface area (TPSA) is 152 Å². The van der Waals surface area contributed by atoms with Gasteiger partial charge in [0.25, 0.3) is 5.69 Å². The summed E-state index contributed by atoms with van der Waals surface area (Å²) in [6.45, 7) is 4.33. The van der Waals surface area contributed by atoms with Crippen LogP contribution in [-0.4, -0.2) is 70.3 Å². The molecule has 242 valence electrons. The van der Waals surface area contributed by atoms with Gasteiger partial charge >= 0.3 is 6.16 Å². The number of hydrogen-bond donors (Lipinski definition) is 1. The number of halogens is 2. The number of allylic oxidation sites excluding steroid dienone is 4. The molecule has 0 amide bonds. The van der Waals surface area contributed by atoms with E-state index < -0.39 is 87.9 Å². The van der Waals surface area contributed by atoms with E-state index in [0.29, 0.717) is 12.8 Å². The predicted octanol–water partition coefficient (Wildman–Crippen LogP) is 4.89. The van der Waals surface area contributed by atoms with Crippen LogP contribution in [0.4, 0.5) is 19.3 Å². The Labute approximate surface area is 257 Å². The molecule has 1 N–H and O–H groups in total. The second kappa shape index (κ2) is 10.8. The van der Waals surface area contributed by atoms with Crippen LogP contribution in [0.25, 0.3) is 0 Å². The number of rotatable bonds is 7. The fourth-order valence-corrected chi connectivity index (χ4v) is 8.88. The third kappa shape index (κ3) is 4.41. The largest absolute Gasteiger partial charge is 0.514 e. The van der Waals surface area contributed by atoms with E-state index in [1.54, 1.807) is 6.92 Å². The first-order valence-corrected chi connectivity index (χ1v) is 15.1. The van der Waals surface area contributed by atoms with Crippen LogP contribution in [0.2, 0.25) is 0 Å². The van der Waals surface area contributed by atoms with Gasteiger partial charge in [-0.15, -0.1) is 0 Å². The molecule has 0 spiro atoms. The zero-order valence-electron chi connectivity index (χ0n) is 25.1. The van der Waals surface area contributed by atoms with E-state index in [-0.39, 0.29) is 36.3 Å². The van der Waals surface area contributed by atoms with Gasteiger partial charge in [-0.2, -0.15) is 0 Å². The molecule has 3 saturated carbocycles. The molecular formula is C32H35F2NO10. The molecule has 4 fully saturated rings. The molecule has 13 heteroatoms. The summed E-state index contributed by atoms with van der Waals surface area (Å²) in [6, 6.07) is 4.69. The van der Waals surface area contributed by atoms with Crippen molar-refractivity contribution in [3.63, 3.8) is 0 Å². The number of aliphatic hydroxyl groups is 1. The number of ether oxygens (including phenoxy) is 4. The molecular weight excluding hydrogens is 596 g/mol. The minimum atomic E-state index is -2.35. The van der Waals surface area contributed by atoms with Crippen LogP contribution < -0.4 is 4.74 Å². The second-order valence-electron chi connectivity index (χ2n) is 13.1. The first-order valence-electron chi connectivity index (χ1n) is 15.1. The molecule has 0 bridgehead atoms. The van der Waals surface area contributed by atoms with Crippen molar-refractivity contribution in [2.75, 3.05) is 6.61 Å². The van der Waals surface area contributed by atoms with Crippen molar-refractivity contribution >= 4 is 23.4 Å². The molecule has 11 nitrogen and oxygen atoms in total. The van der Waals surface area contributed by atoms with Gasteiger partial charge in [0.2, 0.25) is 5.78 Å². The van der Waals surface area contributed by atoms with E-state index in [9.17, 15) is 29.6 Å². The number of hydrogen-bond acceptors (Lipinski definition) is 10. The van der Waals surface area contributed by atoms with Gasteiger partial charge < -0.3 is 24.1 Å². The molecule has 0 radical (unpaired) electrons. The van der Waals surface area contributed by atoms with Gasteiger partial charge in [-0.05, 0) is 68.4 Å². The van der Waals surface area contributed by atoms with Crippen molar-refractivity contribution in [1.82, 2.24) is 0 Å². The lowest BCUT2D eigenvalue weighted by molar-refractivity contribution is -0.384. The fraction of sp³-hybridized carbons (Fsp3) is 0.594. The maximum Gasteiger partial charge on any atom is 0.514 e. The third-order valence-electron chi connectivity index (χ3n) is 10.9. The van der Waals surface area contributed by atoms with Gasteiger partial charge in [-0.25, -0.2) is 13.6 Å². The van der Waals surface area contributed by atoms with E-state index in [0.717, 1.165) is 18.2 Å². The summed E-state index contributed by atoms with van der Waals surface area (Å²) >= 11 is 0. The van der Waals surface area contributed by atoms with Crippen LogP contribution >= 0.6 is 0 Å². The lowest BCUT2D eigenvalue weighted by Crippen LogP contribution is -2.71. The smallest absolute Gasteiger partial charge is 0.426 e. The van der Waals surface area contributed by atoms with Crippen LogP contribution in [0.3, 0.4) is 0 Å². The van der Waals surface area contributed by atoms with Crippen molar-refractivity contribution in [3.8, 4) is 5.75 Å². The van der Waals surface area contributed by atoms with Crippen molar-refractivity contribution in [3.05, 3.63) is 58.2 Å². The Morgan fingerprint density at radius 1 is 1.18 bits per heavy atom. The normalized spacial score (nSPS) is 41.3. The number of nitro benzene ring substituents is 1. The summed E-state index contributed by atoms with van der Waals surface area (Å²) in [5.41, 5.74) is -7.13. The van der Waals surface area contributed by atoms with Crippen LogP contribution in [0.1, 0.15) is 52.9 Å². The molecule has 1 aliphatic heterocycles. The second-order valence-corrected chi connectivity index (χ2v) is 13.1. The molecule has 1 saturated heterocycles. The maximum atomic E-state index is 17.6. The van der Waals surface area contributed by atoms with Crippen molar-refractivity contribution in [1.29, 1.82) is 0 Å². The van der Waals surface area contributed by atoms with Gasteiger partial charge in [-0.1, -0.05) is 26.3 Å². The highest BCUT2D eigenvalue weighted by atomic mass is 19.1. The summed E-state index contributed by atoms with van der Waals surface area (Å²) in [4.78, 5) is 49.0. The fourth-order valence-electron chi connectivity index (χ4n) is 8.88. The van der Waals surface area contributed by atoms with E-state index in [1.165, 1.54) is 31.2 Å². The van der Waals surface area contributed by atoms with E-state index >= 15 is 8.78 Å². The monoisotopic (exact) mass is 631 g/mol. The summed E-state index contributed by atoms with van der Waals surface area (Å²) in [7, 11) is 0. The quantitative estimate of drug-likeness (QED) is 0.191. The average molecular weight is 632 g/mol. The van der Waals surface area contributed by atoms with Crippen molar-refractivity contribution in [2.45, 2.75) is 88.8 Å². The number of alkyl halides is 2. The zero-order valence-corrected chi connectivity index (χ0v) is 25.1. The lowest BCUT2D eigenvalue weighted by Gasteiger charge is -2.63. The number of nitrogens with zero attached hydrogens (tertiary/aromatic N) is 1. The molecule has 6 rings (SSSR count). The summed E-state index contributed by atoms with van der Waals surface area (Å²) < 4.78 is 56.2. The van der Waals surface area contributed by atoms with Gasteiger partial charge in [0, 0.05) is 28.9 Å². The van der Waals surface area contributed by atoms with Crippen LogP contribution in [-0.2, 0) is 23.8 Å². The van der Waals surface area contributed by atoms with Crippen molar-refractivity contribution < 1.29 is 52.1 Å². The number of carbonyl (C=O) groups is 3. The number of non-ortho nitro benzene ring substituents is 1. The average Bonchev–Trinajstić information content (AvgIpc) is 3.47. The first kappa shape index (κ1) is 31.4. The minimum Gasteiger partial charge on any atom is -0.426 e. The third-order valence-corrected chi connectivity index (χ3v) is 10.9.